The highest BCUT2D eigenvalue weighted by Crippen LogP contribution is 2.20. The lowest BCUT2D eigenvalue weighted by Crippen LogP contribution is -2.27. The number of aryl methyl sites for hydroxylation is 1. The first-order valence-electron chi connectivity index (χ1n) is 4.51. The van der Waals surface area contributed by atoms with Crippen molar-refractivity contribution in [3.8, 4) is 0 Å². The molecule has 0 atom stereocenters. The maximum absolute atomic E-state index is 11.9. The van der Waals surface area contributed by atoms with E-state index in [4.69, 9.17) is 4.74 Å². The Bertz CT molecular complexity index is 354. The number of hydrogen-bond acceptors (Lipinski definition) is 4. The van der Waals surface area contributed by atoms with E-state index in [-0.39, 0.29) is 5.78 Å². The number of carbonyl (C=O) groups is 1. The van der Waals surface area contributed by atoms with Crippen molar-refractivity contribution < 1.29 is 9.53 Å². The van der Waals surface area contributed by atoms with E-state index < -0.39 is 5.60 Å². The van der Waals surface area contributed by atoms with Crippen LogP contribution in [0.1, 0.15) is 30.8 Å². The second-order valence-corrected chi connectivity index (χ2v) is 4.67. The van der Waals surface area contributed by atoms with Gasteiger partial charge < -0.3 is 4.74 Å². The second kappa shape index (κ2) is 4.40. The van der Waals surface area contributed by atoms with Gasteiger partial charge in [-0.05, 0) is 29.8 Å². The molecule has 0 unspecified atom stereocenters. The second-order valence-electron chi connectivity index (χ2n) is 3.92. The first-order chi connectivity index (χ1) is 6.87. The molecular formula is C9H14BrN3O2. The maximum atomic E-state index is 11.9. The van der Waals surface area contributed by atoms with Crippen LogP contribution >= 0.6 is 15.9 Å². The molecule has 0 aromatic carbocycles. The topological polar surface area (TPSA) is 57.0 Å². The van der Waals surface area contributed by atoms with Gasteiger partial charge in [-0.25, -0.2) is 4.68 Å². The van der Waals surface area contributed by atoms with E-state index in [2.05, 4.69) is 26.2 Å². The number of Topliss-reactive ketones (excluding diaryl/α,β-unsaturated/α-hetero) is 1. The van der Waals surface area contributed by atoms with Crippen molar-refractivity contribution in [2.75, 3.05) is 7.11 Å². The van der Waals surface area contributed by atoms with Crippen LogP contribution in [0.3, 0.4) is 0 Å². The monoisotopic (exact) mass is 275 g/mol. The molecule has 0 radical (unpaired) electrons. The van der Waals surface area contributed by atoms with Crippen molar-refractivity contribution in [2.45, 2.75) is 25.9 Å². The summed E-state index contributed by atoms with van der Waals surface area (Å²) in [5.74, 6) is -0.0405. The highest BCUT2D eigenvalue weighted by atomic mass is 79.9. The van der Waals surface area contributed by atoms with Gasteiger partial charge in [-0.15, -0.1) is 5.10 Å². The lowest BCUT2D eigenvalue weighted by Gasteiger charge is -2.21. The van der Waals surface area contributed by atoms with Crippen LogP contribution in [0.4, 0.5) is 0 Å². The number of ether oxygens (including phenoxy) is 1. The molecule has 1 aromatic rings. The van der Waals surface area contributed by atoms with Crippen LogP contribution in [0.15, 0.2) is 4.60 Å². The van der Waals surface area contributed by atoms with Crippen LogP contribution in [-0.4, -0.2) is 33.5 Å². The van der Waals surface area contributed by atoms with Gasteiger partial charge in [-0.2, -0.15) is 0 Å². The lowest BCUT2D eigenvalue weighted by atomic mass is 10.0. The van der Waals surface area contributed by atoms with Gasteiger partial charge in [0.2, 0.25) is 0 Å². The molecule has 84 valence electrons. The number of halogens is 1. The number of aromatic nitrogens is 3. The summed E-state index contributed by atoms with van der Waals surface area (Å²) in [5.41, 5.74) is 0.000903. The minimum Gasteiger partial charge on any atom is -0.378 e. The predicted octanol–water partition coefficient (Wildman–Crippen LogP) is 1.58. The van der Waals surface area contributed by atoms with Gasteiger partial charge in [0.1, 0.15) is 5.69 Å². The Balaban J connectivity index is 2.87. The van der Waals surface area contributed by atoms with E-state index in [0.717, 1.165) is 0 Å². The molecule has 0 aliphatic rings. The number of rotatable bonds is 4. The molecule has 0 amide bonds. The van der Waals surface area contributed by atoms with Gasteiger partial charge in [0.25, 0.3) is 0 Å². The van der Waals surface area contributed by atoms with E-state index in [1.54, 1.807) is 14.2 Å². The van der Waals surface area contributed by atoms with Crippen LogP contribution < -0.4 is 0 Å². The Labute approximate surface area is 96.9 Å². The molecule has 0 spiro atoms. The highest BCUT2D eigenvalue weighted by Gasteiger charge is 2.25. The minimum atomic E-state index is -0.471. The summed E-state index contributed by atoms with van der Waals surface area (Å²) < 4.78 is 7.13. The van der Waals surface area contributed by atoms with Gasteiger partial charge in [-0.1, -0.05) is 5.21 Å². The summed E-state index contributed by atoms with van der Waals surface area (Å²) in [5, 5.41) is 7.51. The fourth-order valence-electron chi connectivity index (χ4n) is 1.17. The average molecular weight is 276 g/mol. The Hall–Kier alpha value is -0.750. The smallest absolute Gasteiger partial charge is 0.186 e. The molecule has 6 heteroatoms. The zero-order chi connectivity index (χ0) is 11.6. The van der Waals surface area contributed by atoms with Gasteiger partial charge in [0.05, 0.1) is 5.60 Å². The van der Waals surface area contributed by atoms with Crippen molar-refractivity contribution in [3.63, 3.8) is 0 Å². The molecule has 0 fully saturated rings. The molecule has 1 rings (SSSR count). The summed E-state index contributed by atoms with van der Waals surface area (Å²) >= 11 is 3.19. The molecule has 0 aliphatic carbocycles. The maximum Gasteiger partial charge on any atom is 0.186 e. The summed E-state index contributed by atoms with van der Waals surface area (Å²) in [6.45, 7) is 3.73. The predicted molar refractivity (Wildman–Crippen MR) is 58.7 cm³/mol. The number of ketones is 1. The van der Waals surface area contributed by atoms with Crippen LogP contribution in [0.5, 0.6) is 0 Å². The molecule has 1 heterocycles. The van der Waals surface area contributed by atoms with Crippen molar-refractivity contribution >= 4 is 21.7 Å². The van der Waals surface area contributed by atoms with E-state index >= 15 is 0 Å². The molecule has 0 saturated carbocycles. The minimum absolute atomic E-state index is 0.0405. The molecule has 5 nitrogen and oxygen atoms in total. The van der Waals surface area contributed by atoms with Crippen molar-refractivity contribution in [1.82, 2.24) is 15.0 Å². The Morgan fingerprint density at radius 1 is 1.60 bits per heavy atom. The molecular weight excluding hydrogens is 262 g/mol. The van der Waals surface area contributed by atoms with E-state index in [1.165, 1.54) is 4.68 Å². The summed E-state index contributed by atoms with van der Waals surface area (Å²) in [4.78, 5) is 11.9. The molecule has 0 saturated heterocycles. The standard InChI is InChI=1S/C9H14BrN3O2/c1-9(2,15-4)5-6(14)7-8(10)11-12-13(7)3/h5H2,1-4H3. The van der Waals surface area contributed by atoms with Gasteiger partial charge >= 0.3 is 0 Å². The van der Waals surface area contributed by atoms with E-state index in [0.29, 0.717) is 16.7 Å². The average Bonchev–Trinajstić information content (AvgIpc) is 2.45. The largest absolute Gasteiger partial charge is 0.378 e. The number of hydrogen-bond donors (Lipinski definition) is 0. The third kappa shape index (κ3) is 2.85. The third-order valence-electron chi connectivity index (χ3n) is 2.19. The van der Waals surface area contributed by atoms with Gasteiger partial charge in [-0.3, -0.25) is 4.79 Å². The molecule has 0 N–H and O–H groups in total. The first-order valence-corrected chi connectivity index (χ1v) is 5.30. The van der Waals surface area contributed by atoms with E-state index in [9.17, 15) is 4.79 Å². The van der Waals surface area contributed by atoms with Gasteiger partial charge in [0, 0.05) is 20.6 Å². The molecule has 1 aromatic heterocycles. The summed E-state index contributed by atoms with van der Waals surface area (Å²) in [6.07, 6.45) is 0.295. The fourth-order valence-corrected chi connectivity index (χ4v) is 1.72. The molecule has 0 aliphatic heterocycles. The third-order valence-corrected chi connectivity index (χ3v) is 2.72. The Morgan fingerprint density at radius 3 is 2.60 bits per heavy atom. The van der Waals surface area contributed by atoms with Crippen molar-refractivity contribution in [1.29, 1.82) is 0 Å². The SMILES string of the molecule is COC(C)(C)CC(=O)c1c(Br)nnn1C. The molecule has 15 heavy (non-hydrogen) atoms. The lowest BCUT2D eigenvalue weighted by molar-refractivity contribution is 0.0169. The van der Waals surface area contributed by atoms with Gasteiger partial charge in [0.15, 0.2) is 10.4 Å². The molecule has 0 bridgehead atoms. The number of nitrogens with zero attached hydrogens (tertiary/aromatic N) is 3. The Kier molecular flexibility index (Phi) is 3.62. The van der Waals surface area contributed by atoms with Crippen molar-refractivity contribution in [2.24, 2.45) is 7.05 Å². The van der Waals surface area contributed by atoms with Crippen LogP contribution in [0.25, 0.3) is 0 Å². The first kappa shape index (κ1) is 12.3. The normalized spacial score (nSPS) is 11.8. The Morgan fingerprint density at radius 2 is 2.20 bits per heavy atom. The van der Waals surface area contributed by atoms with E-state index in [1.807, 2.05) is 13.8 Å². The van der Waals surface area contributed by atoms with Crippen LogP contribution in [-0.2, 0) is 11.8 Å². The van der Waals surface area contributed by atoms with Crippen LogP contribution in [0.2, 0.25) is 0 Å². The number of methoxy groups -OCH3 is 1. The van der Waals surface area contributed by atoms with Crippen molar-refractivity contribution in [3.05, 3.63) is 10.3 Å². The number of carbonyl (C=O) groups excluding carboxylic acids is 1. The summed E-state index contributed by atoms with van der Waals surface area (Å²) in [7, 11) is 3.27. The zero-order valence-electron chi connectivity index (χ0n) is 9.24. The summed E-state index contributed by atoms with van der Waals surface area (Å²) in [6, 6.07) is 0. The quantitative estimate of drug-likeness (QED) is 0.783. The van der Waals surface area contributed by atoms with Crippen LogP contribution in [0, 0.1) is 0 Å². The fraction of sp³-hybridized carbons (Fsp3) is 0.667. The zero-order valence-corrected chi connectivity index (χ0v) is 10.8. The highest BCUT2D eigenvalue weighted by molar-refractivity contribution is 9.10.